The SMILES string of the molecule is NC1=NC(=O)[C@]2(CCCc3ccccc32)O1. The topological polar surface area (TPSA) is 64.7 Å². The van der Waals surface area contributed by atoms with Gasteiger partial charge < -0.3 is 10.5 Å². The second-order valence-corrected chi connectivity index (χ2v) is 4.19. The molecule has 1 aliphatic heterocycles. The summed E-state index contributed by atoms with van der Waals surface area (Å²) >= 11 is 0. The van der Waals surface area contributed by atoms with Crippen molar-refractivity contribution in [1.29, 1.82) is 0 Å². The zero-order valence-corrected chi connectivity index (χ0v) is 8.77. The fraction of sp³-hybridized carbons (Fsp3) is 0.333. The summed E-state index contributed by atoms with van der Waals surface area (Å²) in [6.07, 6.45) is 2.56. The summed E-state index contributed by atoms with van der Waals surface area (Å²) in [5.41, 5.74) is 6.65. The van der Waals surface area contributed by atoms with E-state index in [9.17, 15) is 4.79 Å². The summed E-state index contributed by atoms with van der Waals surface area (Å²) in [4.78, 5) is 15.6. The first-order valence-electron chi connectivity index (χ1n) is 5.38. The molecule has 1 aliphatic carbocycles. The minimum absolute atomic E-state index is 0.0123. The van der Waals surface area contributed by atoms with Crippen molar-refractivity contribution in [2.24, 2.45) is 10.7 Å². The summed E-state index contributed by atoms with van der Waals surface area (Å²) in [5.74, 6) is -0.267. The summed E-state index contributed by atoms with van der Waals surface area (Å²) in [7, 11) is 0. The number of hydrogen-bond donors (Lipinski definition) is 1. The van der Waals surface area contributed by atoms with Crippen LogP contribution >= 0.6 is 0 Å². The number of amidine groups is 1. The van der Waals surface area contributed by atoms with Gasteiger partial charge in [0.25, 0.3) is 11.9 Å². The number of hydrogen-bond acceptors (Lipinski definition) is 3. The van der Waals surface area contributed by atoms with Crippen LogP contribution in [0.1, 0.15) is 24.0 Å². The number of nitrogens with two attached hydrogens (primary N) is 1. The molecule has 1 heterocycles. The van der Waals surface area contributed by atoms with Crippen LogP contribution in [0.2, 0.25) is 0 Å². The molecule has 16 heavy (non-hydrogen) atoms. The minimum atomic E-state index is -0.932. The molecule has 4 nitrogen and oxygen atoms in total. The highest BCUT2D eigenvalue weighted by molar-refractivity contribution is 6.01. The zero-order chi connectivity index (χ0) is 11.2. The first-order valence-corrected chi connectivity index (χ1v) is 5.38. The Hall–Kier alpha value is -1.84. The van der Waals surface area contributed by atoms with Crippen molar-refractivity contribution in [1.82, 2.24) is 0 Å². The molecule has 1 aromatic rings. The molecular formula is C12H12N2O2. The third-order valence-corrected chi connectivity index (χ3v) is 3.26. The maximum Gasteiger partial charge on any atom is 0.299 e. The highest BCUT2D eigenvalue weighted by atomic mass is 16.5. The number of benzene rings is 1. The second kappa shape index (κ2) is 3.07. The first-order chi connectivity index (χ1) is 7.72. The number of nitrogens with zero attached hydrogens (tertiary/aromatic N) is 1. The molecule has 0 aromatic heterocycles. The van der Waals surface area contributed by atoms with Crippen LogP contribution in [0.5, 0.6) is 0 Å². The van der Waals surface area contributed by atoms with Gasteiger partial charge in [-0.2, -0.15) is 4.99 Å². The van der Waals surface area contributed by atoms with Gasteiger partial charge in [-0.3, -0.25) is 4.79 Å². The molecule has 2 aliphatic rings. The van der Waals surface area contributed by atoms with Gasteiger partial charge in [0.15, 0.2) is 0 Å². The van der Waals surface area contributed by atoms with Crippen LogP contribution in [0.4, 0.5) is 0 Å². The molecule has 1 aromatic carbocycles. The van der Waals surface area contributed by atoms with Gasteiger partial charge in [0, 0.05) is 12.0 Å². The quantitative estimate of drug-likeness (QED) is 0.706. The van der Waals surface area contributed by atoms with Gasteiger partial charge in [0.2, 0.25) is 5.60 Å². The van der Waals surface area contributed by atoms with E-state index in [1.807, 2.05) is 24.3 Å². The Bertz CT molecular complexity index is 496. The third kappa shape index (κ3) is 1.10. The Morgan fingerprint density at radius 1 is 1.38 bits per heavy atom. The van der Waals surface area contributed by atoms with Gasteiger partial charge in [0.05, 0.1) is 0 Å². The van der Waals surface area contributed by atoms with Crippen molar-refractivity contribution < 1.29 is 9.53 Å². The molecule has 0 bridgehead atoms. The molecule has 0 saturated carbocycles. The number of carbonyl (C=O) groups is 1. The van der Waals surface area contributed by atoms with Crippen LogP contribution < -0.4 is 5.73 Å². The van der Waals surface area contributed by atoms with Crippen LogP contribution in [-0.2, 0) is 21.6 Å². The van der Waals surface area contributed by atoms with Crippen molar-refractivity contribution in [3.63, 3.8) is 0 Å². The minimum Gasteiger partial charge on any atom is -0.443 e. The first kappa shape index (κ1) is 9.39. The predicted octanol–water partition coefficient (Wildman–Crippen LogP) is 1.09. The van der Waals surface area contributed by atoms with Crippen molar-refractivity contribution in [3.05, 3.63) is 35.4 Å². The van der Waals surface area contributed by atoms with Gasteiger partial charge in [-0.25, -0.2) is 0 Å². The smallest absolute Gasteiger partial charge is 0.299 e. The lowest BCUT2D eigenvalue weighted by Crippen LogP contribution is -2.38. The fourth-order valence-corrected chi connectivity index (χ4v) is 2.56. The fourth-order valence-electron chi connectivity index (χ4n) is 2.56. The van der Waals surface area contributed by atoms with E-state index in [0.717, 1.165) is 24.0 Å². The molecule has 1 atom stereocenters. The molecule has 82 valence electrons. The van der Waals surface area contributed by atoms with Crippen LogP contribution in [0.25, 0.3) is 0 Å². The number of ether oxygens (including phenoxy) is 1. The van der Waals surface area contributed by atoms with Crippen LogP contribution in [0.3, 0.4) is 0 Å². The third-order valence-electron chi connectivity index (χ3n) is 3.26. The lowest BCUT2D eigenvalue weighted by molar-refractivity contribution is -0.132. The molecule has 2 N–H and O–H groups in total. The number of aliphatic imine (C=N–C) groups is 1. The van der Waals surface area contributed by atoms with E-state index < -0.39 is 5.60 Å². The number of fused-ring (bicyclic) bond motifs is 2. The normalized spacial score (nSPS) is 27.5. The van der Waals surface area contributed by atoms with E-state index in [-0.39, 0.29) is 11.9 Å². The molecule has 0 unspecified atom stereocenters. The zero-order valence-electron chi connectivity index (χ0n) is 8.77. The Kier molecular flexibility index (Phi) is 1.80. The van der Waals surface area contributed by atoms with Gasteiger partial charge in [-0.05, 0) is 18.4 Å². The summed E-state index contributed by atoms with van der Waals surface area (Å²) in [5, 5.41) is 0. The van der Waals surface area contributed by atoms with Crippen molar-refractivity contribution in [2.75, 3.05) is 0 Å². The molecule has 0 radical (unpaired) electrons. The Morgan fingerprint density at radius 2 is 2.19 bits per heavy atom. The van der Waals surface area contributed by atoms with Gasteiger partial charge in [-0.15, -0.1) is 0 Å². The molecule has 4 heteroatoms. The van der Waals surface area contributed by atoms with Crippen LogP contribution in [-0.4, -0.2) is 11.9 Å². The van der Waals surface area contributed by atoms with Gasteiger partial charge in [-0.1, -0.05) is 24.3 Å². The average molecular weight is 216 g/mol. The van der Waals surface area contributed by atoms with Crippen molar-refractivity contribution in [3.8, 4) is 0 Å². The Labute approximate surface area is 93.1 Å². The monoisotopic (exact) mass is 216 g/mol. The Balaban J connectivity index is 2.15. The summed E-state index contributed by atoms with van der Waals surface area (Å²) < 4.78 is 5.51. The van der Waals surface area contributed by atoms with Gasteiger partial charge in [0.1, 0.15) is 0 Å². The van der Waals surface area contributed by atoms with Crippen molar-refractivity contribution >= 4 is 11.9 Å². The van der Waals surface area contributed by atoms with Gasteiger partial charge >= 0.3 is 0 Å². The second-order valence-electron chi connectivity index (χ2n) is 4.19. The Morgan fingerprint density at radius 3 is 2.94 bits per heavy atom. The van der Waals surface area contributed by atoms with E-state index in [1.54, 1.807) is 0 Å². The van der Waals surface area contributed by atoms with E-state index in [0.29, 0.717) is 6.42 Å². The highest BCUT2D eigenvalue weighted by Crippen LogP contribution is 2.41. The molecule has 0 fully saturated rings. The van der Waals surface area contributed by atoms with E-state index in [2.05, 4.69) is 4.99 Å². The lowest BCUT2D eigenvalue weighted by Gasteiger charge is -2.32. The summed E-state index contributed by atoms with van der Waals surface area (Å²) in [6.45, 7) is 0. The average Bonchev–Trinajstić information content (AvgIpc) is 2.55. The number of amides is 1. The van der Waals surface area contributed by atoms with Crippen LogP contribution in [0, 0.1) is 0 Å². The number of rotatable bonds is 0. The molecular weight excluding hydrogens is 204 g/mol. The molecule has 3 rings (SSSR count). The maximum atomic E-state index is 11.9. The van der Waals surface area contributed by atoms with E-state index in [1.165, 1.54) is 0 Å². The molecule has 1 spiro atoms. The van der Waals surface area contributed by atoms with E-state index in [4.69, 9.17) is 10.5 Å². The molecule has 0 saturated heterocycles. The largest absolute Gasteiger partial charge is 0.443 e. The van der Waals surface area contributed by atoms with Crippen LogP contribution in [0.15, 0.2) is 29.3 Å². The molecule has 1 amide bonds. The summed E-state index contributed by atoms with van der Waals surface area (Å²) in [6, 6.07) is 7.84. The maximum absolute atomic E-state index is 11.9. The number of carbonyl (C=O) groups excluding carboxylic acids is 1. The number of aryl methyl sites for hydroxylation is 1. The van der Waals surface area contributed by atoms with Crippen molar-refractivity contribution in [2.45, 2.75) is 24.9 Å². The van der Waals surface area contributed by atoms with E-state index >= 15 is 0 Å². The highest BCUT2D eigenvalue weighted by Gasteiger charge is 2.49. The lowest BCUT2D eigenvalue weighted by atomic mass is 9.79. The predicted molar refractivity (Wildman–Crippen MR) is 58.8 cm³/mol. The standard InChI is InChI=1S/C12H12N2O2/c13-11-14-10(15)12(16-11)7-3-5-8-4-1-2-6-9(8)12/h1-2,4,6H,3,5,7H2,(H2,13,14,15)/t12-/m1/s1.